The fourth-order valence-electron chi connectivity index (χ4n) is 4.93. The minimum atomic E-state index is -0.00378. The van der Waals surface area contributed by atoms with Crippen molar-refractivity contribution in [1.29, 1.82) is 0 Å². The summed E-state index contributed by atoms with van der Waals surface area (Å²) in [6.45, 7) is 6.20. The number of likely N-dealkylation sites (tertiary alicyclic amines) is 1. The molecular weight excluding hydrogens is 354 g/mol. The highest BCUT2D eigenvalue weighted by Gasteiger charge is 2.35. The lowest BCUT2D eigenvalue weighted by Crippen LogP contribution is -2.48. The molecule has 1 aromatic carbocycles. The first-order valence-corrected chi connectivity index (χ1v) is 10.5. The maximum Gasteiger partial charge on any atom is 0.227 e. The molecule has 0 saturated carbocycles. The molecule has 0 aromatic heterocycles. The smallest absolute Gasteiger partial charge is 0.227 e. The molecule has 6 heteroatoms. The third-order valence-electron chi connectivity index (χ3n) is 6.39. The van der Waals surface area contributed by atoms with Crippen molar-refractivity contribution in [3.05, 3.63) is 35.4 Å². The van der Waals surface area contributed by atoms with Gasteiger partial charge in [0.1, 0.15) is 0 Å². The van der Waals surface area contributed by atoms with Gasteiger partial charge in [-0.15, -0.1) is 0 Å². The molecule has 6 nitrogen and oxygen atoms in total. The Morgan fingerprint density at radius 2 is 1.68 bits per heavy atom. The summed E-state index contributed by atoms with van der Waals surface area (Å²) in [6, 6.07) is 8.89. The van der Waals surface area contributed by atoms with Crippen molar-refractivity contribution >= 4 is 11.8 Å². The van der Waals surface area contributed by atoms with Gasteiger partial charge in [-0.05, 0) is 36.8 Å². The van der Waals surface area contributed by atoms with E-state index in [4.69, 9.17) is 4.74 Å². The molecule has 0 radical (unpaired) electrons. The van der Waals surface area contributed by atoms with Crippen LogP contribution in [0.3, 0.4) is 0 Å². The summed E-state index contributed by atoms with van der Waals surface area (Å²) in [6.07, 6.45) is 3.69. The monoisotopic (exact) mass is 385 g/mol. The topological polar surface area (TPSA) is 61.9 Å². The molecule has 152 valence electrons. The zero-order valence-corrected chi connectivity index (χ0v) is 16.7. The van der Waals surface area contributed by atoms with Crippen molar-refractivity contribution in [3.63, 3.8) is 0 Å². The van der Waals surface area contributed by atoms with Crippen molar-refractivity contribution < 1.29 is 14.3 Å². The van der Waals surface area contributed by atoms with Crippen LogP contribution in [-0.4, -0.2) is 60.0 Å². The lowest BCUT2D eigenvalue weighted by molar-refractivity contribution is -0.137. The highest BCUT2D eigenvalue weighted by molar-refractivity contribution is 5.80. The number of rotatable bonds is 3. The summed E-state index contributed by atoms with van der Waals surface area (Å²) in [5.41, 5.74) is 2.53. The van der Waals surface area contributed by atoms with Gasteiger partial charge in [-0.3, -0.25) is 14.5 Å². The second-order valence-corrected chi connectivity index (χ2v) is 8.43. The summed E-state index contributed by atoms with van der Waals surface area (Å²) in [4.78, 5) is 29.5. The Hall–Kier alpha value is -1.92. The summed E-state index contributed by atoms with van der Waals surface area (Å²) in [5, 5.41) is 3.10. The average molecular weight is 386 g/mol. The maximum atomic E-state index is 13.4. The van der Waals surface area contributed by atoms with E-state index in [1.807, 2.05) is 17.0 Å². The van der Waals surface area contributed by atoms with Crippen molar-refractivity contribution in [2.24, 2.45) is 5.92 Å². The minimum Gasteiger partial charge on any atom is -0.381 e. The van der Waals surface area contributed by atoms with Crippen molar-refractivity contribution in [3.8, 4) is 0 Å². The molecule has 3 heterocycles. The Morgan fingerprint density at radius 3 is 2.32 bits per heavy atom. The van der Waals surface area contributed by atoms with Gasteiger partial charge in [-0.2, -0.15) is 0 Å². The van der Waals surface area contributed by atoms with Gasteiger partial charge in [0.2, 0.25) is 11.8 Å². The van der Waals surface area contributed by atoms with Crippen LogP contribution in [0, 0.1) is 5.92 Å². The van der Waals surface area contributed by atoms with Crippen LogP contribution in [0.1, 0.15) is 43.7 Å². The van der Waals surface area contributed by atoms with Gasteiger partial charge in [0.05, 0.1) is 5.92 Å². The van der Waals surface area contributed by atoms with Gasteiger partial charge in [0.25, 0.3) is 0 Å². The molecule has 0 bridgehead atoms. The zero-order chi connectivity index (χ0) is 19.5. The van der Waals surface area contributed by atoms with Gasteiger partial charge < -0.3 is 15.0 Å². The molecule has 2 amide bonds. The van der Waals surface area contributed by atoms with Crippen LogP contribution in [0.5, 0.6) is 0 Å². The molecule has 0 spiro atoms. The molecular formula is C22H31N3O3. The third kappa shape index (κ3) is 4.39. The predicted molar refractivity (Wildman–Crippen MR) is 106 cm³/mol. The predicted octanol–water partition coefficient (Wildman–Crippen LogP) is 1.92. The van der Waals surface area contributed by atoms with E-state index in [1.54, 1.807) is 6.92 Å². The first kappa shape index (κ1) is 19.4. The quantitative estimate of drug-likeness (QED) is 0.864. The molecule has 1 aromatic rings. The Balaban J connectivity index is 1.46. The summed E-state index contributed by atoms with van der Waals surface area (Å²) < 4.78 is 5.53. The number of carbonyl (C=O) groups excluding carboxylic acids is 2. The molecule has 28 heavy (non-hydrogen) atoms. The second-order valence-electron chi connectivity index (χ2n) is 8.43. The van der Waals surface area contributed by atoms with Crippen molar-refractivity contribution in [1.82, 2.24) is 15.1 Å². The van der Waals surface area contributed by atoms with E-state index in [2.05, 4.69) is 22.3 Å². The van der Waals surface area contributed by atoms with Crippen LogP contribution in [0.2, 0.25) is 0 Å². The zero-order valence-electron chi connectivity index (χ0n) is 16.7. The second kappa shape index (κ2) is 8.62. The number of ether oxygens (including phenoxy) is 1. The molecule has 2 saturated heterocycles. The third-order valence-corrected chi connectivity index (χ3v) is 6.39. The summed E-state index contributed by atoms with van der Waals surface area (Å²) in [7, 11) is 0. The standard InChI is InChI=1S/C22H31N3O3/c1-16(26)23-20-7-6-19(14-24(15-20)21-8-10-28-11-9-21)22(27)25-12-17-4-2-3-5-18(17)13-25/h2-5,19-21H,6-15H2,1H3,(H,23,26)/t19-,20+/m1/s1. The van der Waals surface area contributed by atoms with E-state index < -0.39 is 0 Å². The lowest BCUT2D eigenvalue weighted by atomic mass is 9.99. The summed E-state index contributed by atoms with van der Waals surface area (Å²) in [5.74, 6) is 0.268. The molecule has 2 fully saturated rings. The number of benzene rings is 1. The van der Waals surface area contributed by atoms with Crippen molar-refractivity contribution in [2.75, 3.05) is 26.3 Å². The molecule has 0 aliphatic carbocycles. The van der Waals surface area contributed by atoms with Crippen LogP contribution >= 0.6 is 0 Å². The molecule has 3 aliphatic heterocycles. The van der Waals surface area contributed by atoms with Crippen LogP contribution in [0.25, 0.3) is 0 Å². The number of hydrogen-bond donors (Lipinski definition) is 1. The van der Waals surface area contributed by atoms with E-state index in [0.29, 0.717) is 6.04 Å². The van der Waals surface area contributed by atoms with Crippen LogP contribution < -0.4 is 5.32 Å². The van der Waals surface area contributed by atoms with Crippen LogP contribution in [0.4, 0.5) is 0 Å². The van der Waals surface area contributed by atoms with Gasteiger partial charge in [-0.25, -0.2) is 0 Å². The fourth-order valence-corrected chi connectivity index (χ4v) is 4.93. The first-order chi connectivity index (χ1) is 13.6. The molecule has 3 aliphatic rings. The lowest BCUT2D eigenvalue weighted by Gasteiger charge is -2.36. The Bertz CT molecular complexity index is 692. The van der Waals surface area contributed by atoms with Crippen molar-refractivity contribution in [2.45, 2.75) is 57.8 Å². The normalized spacial score (nSPS) is 26.5. The van der Waals surface area contributed by atoms with E-state index >= 15 is 0 Å². The number of nitrogens with one attached hydrogen (secondary N) is 1. The highest BCUT2D eigenvalue weighted by Crippen LogP contribution is 2.28. The molecule has 2 atom stereocenters. The summed E-state index contributed by atoms with van der Waals surface area (Å²) >= 11 is 0. The van der Waals surface area contributed by atoms with E-state index in [-0.39, 0.29) is 23.8 Å². The SMILES string of the molecule is CC(=O)N[C@H]1CC[C@@H](C(=O)N2Cc3ccccc3C2)CN(C2CCOCC2)C1. The van der Waals surface area contributed by atoms with Crippen LogP contribution in [0.15, 0.2) is 24.3 Å². The van der Waals surface area contributed by atoms with E-state index in [0.717, 1.165) is 65.1 Å². The molecule has 1 N–H and O–H groups in total. The molecule has 4 rings (SSSR count). The average Bonchev–Trinajstić information content (AvgIpc) is 3.03. The van der Waals surface area contributed by atoms with E-state index in [9.17, 15) is 9.59 Å². The number of carbonyl (C=O) groups is 2. The van der Waals surface area contributed by atoms with Gasteiger partial charge in [0.15, 0.2) is 0 Å². The maximum absolute atomic E-state index is 13.4. The number of hydrogen-bond acceptors (Lipinski definition) is 4. The van der Waals surface area contributed by atoms with Gasteiger partial charge in [0, 0.05) is 58.4 Å². The Labute approximate surface area is 167 Å². The largest absolute Gasteiger partial charge is 0.381 e. The number of fused-ring (bicyclic) bond motifs is 1. The Kier molecular flexibility index (Phi) is 5.97. The number of nitrogens with zero attached hydrogens (tertiary/aromatic N) is 2. The van der Waals surface area contributed by atoms with E-state index in [1.165, 1.54) is 11.1 Å². The van der Waals surface area contributed by atoms with Gasteiger partial charge in [-0.1, -0.05) is 24.3 Å². The van der Waals surface area contributed by atoms with Gasteiger partial charge >= 0.3 is 0 Å². The van der Waals surface area contributed by atoms with Crippen LogP contribution in [-0.2, 0) is 27.4 Å². The highest BCUT2D eigenvalue weighted by atomic mass is 16.5. The minimum absolute atomic E-state index is 0.00378. The fraction of sp³-hybridized carbons (Fsp3) is 0.636. The Morgan fingerprint density at radius 1 is 1.00 bits per heavy atom. The molecule has 0 unspecified atom stereocenters. The first-order valence-electron chi connectivity index (χ1n) is 10.5. The number of amides is 2.